The first-order valence-electron chi connectivity index (χ1n) is 4.85. The van der Waals surface area contributed by atoms with E-state index in [2.05, 4.69) is 0 Å². The van der Waals surface area contributed by atoms with E-state index in [0.717, 1.165) is 9.79 Å². The Balaban J connectivity index is 2.22. The SMILES string of the molecule is N#Cc1ccc(Sc2ccc(Cl)cc2)cc1O. The van der Waals surface area contributed by atoms with Gasteiger partial charge >= 0.3 is 0 Å². The molecule has 1 N–H and O–H groups in total. The minimum Gasteiger partial charge on any atom is -0.507 e. The van der Waals surface area contributed by atoms with Crippen molar-refractivity contribution in [3.8, 4) is 11.8 Å². The Bertz CT molecular complexity index is 575. The number of hydrogen-bond acceptors (Lipinski definition) is 3. The first-order chi connectivity index (χ1) is 8.19. The Labute approximate surface area is 108 Å². The molecule has 0 spiro atoms. The van der Waals surface area contributed by atoms with E-state index in [4.69, 9.17) is 16.9 Å². The Hall–Kier alpha value is -1.63. The lowest BCUT2D eigenvalue weighted by Gasteiger charge is -2.03. The quantitative estimate of drug-likeness (QED) is 0.886. The second-order valence-electron chi connectivity index (χ2n) is 3.35. The Kier molecular flexibility index (Phi) is 3.58. The van der Waals surface area contributed by atoms with Crippen molar-refractivity contribution in [1.82, 2.24) is 0 Å². The lowest BCUT2D eigenvalue weighted by Crippen LogP contribution is -1.78. The highest BCUT2D eigenvalue weighted by Crippen LogP contribution is 2.31. The molecule has 0 unspecified atom stereocenters. The molecule has 0 radical (unpaired) electrons. The number of nitrogens with zero attached hydrogens (tertiary/aromatic N) is 1. The highest BCUT2D eigenvalue weighted by atomic mass is 35.5. The second kappa shape index (κ2) is 5.13. The number of phenols is 1. The van der Waals surface area contributed by atoms with Crippen molar-refractivity contribution in [2.45, 2.75) is 9.79 Å². The van der Waals surface area contributed by atoms with Crippen molar-refractivity contribution in [3.63, 3.8) is 0 Å². The third-order valence-corrected chi connectivity index (χ3v) is 3.39. The topological polar surface area (TPSA) is 44.0 Å². The van der Waals surface area contributed by atoms with Gasteiger partial charge in [0.1, 0.15) is 11.8 Å². The fraction of sp³-hybridized carbons (Fsp3) is 0. The molecule has 0 amide bonds. The van der Waals surface area contributed by atoms with Crippen LogP contribution in [0.15, 0.2) is 52.3 Å². The molecule has 0 aliphatic carbocycles. The standard InChI is InChI=1S/C13H8ClNOS/c14-10-2-5-11(6-3-10)17-12-4-1-9(8-15)13(16)7-12/h1-7,16H. The van der Waals surface area contributed by atoms with Gasteiger partial charge in [0.25, 0.3) is 0 Å². The summed E-state index contributed by atoms with van der Waals surface area (Å²) in [5.41, 5.74) is 0.283. The molecule has 0 saturated carbocycles. The van der Waals surface area contributed by atoms with Crippen LogP contribution in [0.3, 0.4) is 0 Å². The van der Waals surface area contributed by atoms with E-state index >= 15 is 0 Å². The van der Waals surface area contributed by atoms with Crippen molar-refractivity contribution in [2.24, 2.45) is 0 Å². The van der Waals surface area contributed by atoms with Gasteiger partial charge in [-0.15, -0.1) is 0 Å². The molecular weight excluding hydrogens is 254 g/mol. The first kappa shape index (κ1) is 11.8. The van der Waals surface area contributed by atoms with Crippen LogP contribution in [0.5, 0.6) is 5.75 Å². The van der Waals surface area contributed by atoms with Crippen LogP contribution >= 0.6 is 23.4 Å². The largest absolute Gasteiger partial charge is 0.507 e. The summed E-state index contributed by atoms with van der Waals surface area (Å²) < 4.78 is 0. The lowest BCUT2D eigenvalue weighted by molar-refractivity contribution is 0.472. The van der Waals surface area contributed by atoms with Crippen LogP contribution in [0.25, 0.3) is 0 Å². The zero-order valence-electron chi connectivity index (χ0n) is 8.72. The van der Waals surface area contributed by atoms with Crippen LogP contribution in [0.4, 0.5) is 0 Å². The van der Waals surface area contributed by atoms with Crippen molar-refractivity contribution in [3.05, 3.63) is 53.1 Å². The normalized spacial score (nSPS) is 9.88. The number of nitriles is 1. The summed E-state index contributed by atoms with van der Waals surface area (Å²) in [6.07, 6.45) is 0. The van der Waals surface area contributed by atoms with E-state index in [0.29, 0.717) is 5.02 Å². The highest BCUT2D eigenvalue weighted by Gasteiger charge is 2.03. The molecule has 2 rings (SSSR count). The van der Waals surface area contributed by atoms with Crippen LogP contribution in [0, 0.1) is 11.3 Å². The van der Waals surface area contributed by atoms with Gasteiger partial charge in [-0.3, -0.25) is 0 Å². The van der Waals surface area contributed by atoms with Gasteiger partial charge in [0.15, 0.2) is 0 Å². The summed E-state index contributed by atoms with van der Waals surface area (Å²) in [6, 6.07) is 14.3. The summed E-state index contributed by atoms with van der Waals surface area (Å²) in [4.78, 5) is 1.90. The van der Waals surface area contributed by atoms with Gasteiger partial charge in [-0.25, -0.2) is 0 Å². The molecule has 4 heteroatoms. The van der Waals surface area contributed by atoms with Gasteiger partial charge in [0.2, 0.25) is 0 Å². The van der Waals surface area contributed by atoms with Crippen LogP contribution in [-0.2, 0) is 0 Å². The van der Waals surface area contributed by atoms with E-state index in [1.54, 1.807) is 18.2 Å². The van der Waals surface area contributed by atoms with Crippen molar-refractivity contribution in [2.75, 3.05) is 0 Å². The zero-order chi connectivity index (χ0) is 12.3. The van der Waals surface area contributed by atoms with Gasteiger partial charge in [0.05, 0.1) is 5.56 Å². The van der Waals surface area contributed by atoms with Crippen molar-refractivity contribution in [1.29, 1.82) is 5.26 Å². The summed E-state index contributed by atoms with van der Waals surface area (Å²) in [5.74, 6) is 0.00598. The summed E-state index contributed by atoms with van der Waals surface area (Å²) in [5, 5.41) is 18.9. The van der Waals surface area contributed by atoms with Crippen LogP contribution in [0.1, 0.15) is 5.56 Å². The number of rotatable bonds is 2. The van der Waals surface area contributed by atoms with Gasteiger partial charge in [-0.05, 0) is 42.5 Å². The van der Waals surface area contributed by atoms with Crippen molar-refractivity contribution >= 4 is 23.4 Å². The third kappa shape index (κ3) is 2.94. The zero-order valence-corrected chi connectivity index (χ0v) is 10.3. The monoisotopic (exact) mass is 261 g/mol. The van der Waals surface area contributed by atoms with Crippen molar-refractivity contribution < 1.29 is 5.11 Å². The van der Waals surface area contributed by atoms with Gasteiger partial charge in [-0.2, -0.15) is 5.26 Å². The molecule has 2 aromatic carbocycles. The maximum atomic E-state index is 9.56. The molecule has 0 aliphatic heterocycles. The van der Waals surface area contributed by atoms with E-state index in [1.165, 1.54) is 11.8 Å². The minimum absolute atomic E-state index is 0.00598. The number of hydrogen-bond donors (Lipinski definition) is 1. The molecule has 0 aliphatic rings. The smallest absolute Gasteiger partial charge is 0.134 e. The van der Waals surface area contributed by atoms with Gasteiger partial charge in [-0.1, -0.05) is 23.4 Å². The third-order valence-electron chi connectivity index (χ3n) is 2.14. The maximum absolute atomic E-state index is 9.56. The molecule has 0 aromatic heterocycles. The molecule has 0 bridgehead atoms. The molecular formula is C13H8ClNOS. The van der Waals surface area contributed by atoms with Crippen LogP contribution < -0.4 is 0 Å². The van der Waals surface area contributed by atoms with E-state index in [9.17, 15) is 5.11 Å². The predicted octanol–water partition coefficient (Wildman–Crippen LogP) is 4.07. The lowest BCUT2D eigenvalue weighted by atomic mass is 10.2. The first-order valence-corrected chi connectivity index (χ1v) is 6.05. The molecule has 0 heterocycles. The number of aromatic hydroxyl groups is 1. The molecule has 17 heavy (non-hydrogen) atoms. The average Bonchev–Trinajstić information content (AvgIpc) is 2.32. The number of halogens is 1. The molecule has 2 nitrogen and oxygen atoms in total. The summed E-state index contributed by atoms with van der Waals surface area (Å²) in [7, 11) is 0. The molecule has 0 fully saturated rings. The van der Waals surface area contributed by atoms with E-state index in [1.807, 2.05) is 30.3 Å². The average molecular weight is 262 g/mol. The Morgan fingerprint density at radius 1 is 1.06 bits per heavy atom. The van der Waals surface area contributed by atoms with Gasteiger partial charge < -0.3 is 5.11 Å². The molecule has 2 aromatic rings. The van der Waals surface area contributed by atoms with Gasteiger partial charge in [0, 0.05) is 14.8 Å². The van der Waals surface area contributed by atoms with Crippen LogP contribution in [0.2, 0.25) is 5.02 Å². The summed E-state index contributed by atoms with van der Waals surface area (Å²) in [6.45, 7) is 0. The van der Waals surface area contributed by atoms with Crippen LogP contribution in [-0.4, -0.2) is 5.11 Å². The Morgan fingerprint density at radius 2 is 1.71 bits per heavy atom. The Morgan fingerprint density at radius 3 is 2.29 bits per heavy atom. The maximum Gasteiger partial charge on any atom is 0.134 e. The highest BCUT2D eigenvalue weighted by molar-refractivity contribution is 7.99. The minimum atomic E-state index is 0.00598. The summed E-state index contributed by atoms with van der Waals surface area (Å²) >= 11 is 7.30. The fourth-order valence-electron chi connectivity index (χ4n) is 1.31. The fourth-order valence-corrected chi connectivity index (χ4v) is 2.29. The molecule has 0 atom stereocenters. The molecule has 0 saturated heterocycles. The van der Waals surface area contributed by atoms with E-state index in [-0.39, 0.29) is 11.3 Å². The second-order valence-corrected chi connectivity index (χ2v) is 4.93. The number of phenolic OH excluding ortho intramolecular Hbond substituents is 1. The molecule has 84 valence electrons. The van der Waals surface area contributed by atoms with E-state index < -0.39 is 0 Å². The number of benzene rings is 2. The predicted molar refractivity (Wildman–Crippen MR) is 68.4 cm³/mol.